The fraction of sp³-hybridized carbons (Fsp3) is 0.615. The highest BCUT2D eigenvalue weighted by atomic mass is 19.4. The molecule has 0 bridgehead atoms. The number of hydrogen-bond donors (Lipinski definition) is 0. The van der Waals surface area contributed by atoms with E-state index in [0.29, 0.717) is 11.3 Å². The predicted octanol–water partition coefficient (Wildman–Crippen LogP) is 5.40. The van der Waals surface area contributed by atoms with Crippen LogP contribution in [0.25, 0.3) is 0 Å². The number of alkyl halides is 3. The first-order valence-corrected chi connectivity index (χ1v) is 12.6. The molecule has 2 fully saturated rings. The summed E-state index contributed by atoms with van der Waals surface area (Å²) in [6.07, 6.45) is 7.80. The van der Waals surface area contributed by atoms with E-state index in [1.54, 1.807) is 35.1 Å². The van der Waals surface area contributed by atoms with Crippen LogP contribution < -0.4 is 4.74 Å². The van der Waals surface area contributed by atoms with Crippen molar-refractivity contribution in [2.45, 2.75) is 70.3 Å². The van der Waals surface area contributed by atoms with E-state index < -0.39 is 6.36 Å². The number of benzene rings is 1. The van der Waals surface area contributed by atoms with Gasteiger partial charge in [0.1, 0.15) is 11.4 Å². The predicted molar refractivity (Wildman–Crippen MR) is 127 cm³/mol. The van der Waals surface area contributed by atoms with E-state index in [1.165, 1.54) is 50.3 Å². The van der Waals surface area contributed by atoms with Crippen molar-refractivity contribution in [2.24, 2.45) is 13.0 Å². The highest BCUT2D eigenvalue weighted by Crippen LogP contribution is 2.28. The van der Waals surface area contributed by atoms with Crippen LogP contribution >= 0.6 is 0 Å². The number of rotatable bonds is 7. The summed E-state index contributed by atoms with van der Waals surface area (Å²) in [5, 5.41) is 0. The summed E-state index contributed by atoms with van der Waals surface area (Å²) >= 11 is 0. The Morgan fingerprint density at radius 3 is 2.63 bits per heavy atom. The first-order valence-electron chi connectivity index (χ1n) is 12.6. The summed E-state index contributed by atoms with van der Waals surface area (Å²) in [5.74, 6) is 0.293. The van der Waals surface area contributed by atoms with Crippen LogP contribution in [-0.4, -0.2) is 57.3 Å². The highest BCUT2D eigenvalue weighted by molar-refractivity contribution is 5.92. The summed E-state index contributed by atoms with van der Waals surface area (Å²) in [7, 11) is 1.81. The van der Waals surface area contributed by atoms with Gasteiger partial charge >= 0.3 is 6.36 Å². The second-order valence-electron chi connectivity index (χ2n) is 9.94. The van der Waals surface area contributed by atoms with Gasteiger partial charge in [0.05, 0.1) is 6.33 Å². The Kier molecular flexibility index (Phi) is 8.36. The van der Waals surface area contributed by atoms with Crippen molar-refractivity contribution in [3.8, 4) is 5.75 Å². The fourth-order valence-electron chi connectivity index (χ4n) is 5.44. The molecule has 1 saturated heterocycles. The van der Waals surface area contributed by atoms with Crippen molar-refractivity contribution in [3.63, 3.8) is 0 Å². The molecule has 1 aliphatic heterocycles. The SMILES string of the molecule is Cn1cnc(C(=O)N(Cc2cccc(OC(F)(F)F)c2)C2CCCN(CC3CCCCC3)CC2)c1. The minimum absolute atomic E-state index is 0.00643. The topological polar surface area (TPSA) is 50.6 Å². The van der Waals surface area contributed by atoms with Gasteiger partial charge in [-0.3, -0.25) is 4.79 Å². The minimum atomic E-state index is -4.76. The molecule has 1 unspecified atom stereocenters. The number of hydrogen-bond acceptors (Lipinski definition) is 4. The van der Waals surface area contributed by atoms with Gasteiger partial charge in [-0.2, -0.15) is 0 Å². The van der Waals surface area contributed by atoms with E-state index in [-0.39, 0.29) is 24.2 Å². The number of likely N-dealkylation sites (tertiary alicyclic amines) is 1. The van der Waals surface area contributed by atoms with Crippen LogP contribution in [0.1, 0.15) is 67.4 Å². The fourth-order valence-corrected chi connectivity index (χ4v) is 5.44. The summed E-state index contributed by atoms with van der Waals surface area (Å²) in [5.41, 5.74) is 0.942. The zero-order valence-corrected chi connectivity index (χ0v) is 20.3. The molecule has 9 heteroatoms. The van der Waals surface area contributed by atoms with Gasteiger partial charge in [0.25, 0.3) is 5.91 Å². The van der Waals surface area contributed by atoms with E-state index >= 15 is 0 Å². The number of nitrogens with zero attached hydrogens (tertiary/aromatic N) is 4. The van der Waals surface area contributed by atoms with Crippen molar-refractivity contribution in [3.05, 3.63) is 48.0 Å². The quantitative estimate of drug-likeness (QED) is 0.520. The third-order valence-electron chi connectivity index (χ3n) is 7.14. The first-order chi connectivity index (χ1) is 16.8. The number of carbonyl (C=O) groups is 1. The Morgan fingerprint density at radius 1 is 1.11 bits per heavy atom. The van der Waals surface area contributed by atoms with Crippen molar-refractivity contribution in [1.29, 1.82) is 0 Å². The summed E-state index contributed by atoms with van der Waals surface area (Å²) in [4.78, 5) is 22.1. The van der Waals surface area contributed by atoms with Gasteiger partial charge in [-0.05, 0) is 62.3 Å². The van der Waals surface area contributed by atoms with Crippen molar-refractivity contribution in [1.82, 2.24) is 19.4 Å². The average Bonchev–Trinajstić information content (AvgIpc) is 3.12. The monoisotopic (exact) mass is 492 g/mol. The molecule has 1 aromatic heterocycles. The van der Waals surface area contributed by atoms with E-state index in [0.717, 1.165) is 44.8 Å². The van der Waals surface area contributed by atoms with Gasteiger partial charge in [-0.1, -0.05) is 31.4 Å². The van der Waals surface area contributed by atoms with Gasteiger partial charge in [0.15, 0.2) is 0 Å². The van der Waals surface area contributed by atoms with E-state index in [2.05, 4.69) is 14.6 Å². The maximum Gasteiger partial charge on any atom is 0.573 e. The lowest BCUT2D eigenvalue weighted by Crippen LogP contribution is -2.41. The number of amides is 1. The average molecular weight is 493 g/mol. The lowest BCUT2D eigenvalue weighted by Gasteiger charge is -2.32. The molecular formula is C26H35F3N4O2. The Balaban J connectivity index is 1.49. The van der Waals surface area contributed by atoms with Crippen molar-refractivity contribution >= 4 is 5.91 Å². The number of halogens is 3. The summed E-state index contributed by atoms with van der Waals surface area (Å²) in [6.45, 7) is 3.27. The van der Waals surface area contributed by atoms with Crippen molar-refractivity contribution < 1.29 is 22.7 Å². The number of carbonyl (C=O) groups excluding carboxylic acids is 1. The molecule has 2 aliphatic rings. The molecule has 192 valence electrons. The van der Waals surface area contributed by atoms with Crippen LogP contribution in [0.15, 0.2) is 36.8 Å². The number of aromatic nitrogens is 2. The molecular weight excluding hydrogens is 457 g/mol. The third-order valence-corrected chi connectivity index (χ3v) is 7.14. The van der Waals surface area contributed by atoms with Gasteiger partial charge < -0.3 is 19.1 Å². The molecule has 1 aromatic carbocycles. The zero-order chi connectivity index (χ0) is 24.8. The molecule has 1 aliphatic carbocycles. The molecule has 1 saturated carbocycles. The largest absolute Gasteiger partial charge is 0.573 e. The number of aryl methyl sites for hydroxylation is 1. The first kappa shape index (κ1) is 25.5. The molecule has 2 heterocycles. The molecule has 2 aromatic rings. The molecule has 1 amide bonds. The van der Waals surface area contributed by atoms with Crippen LogP contribution in [0.2, 0.25) is 0 Å². The maximum atomic E-state index is 13.5. The standard InChI is InChI=1S/C26H35F3N4O2/c1-31-18-24(30-19-31)25(34)33(17-21-9-5-11-23(15-21)35-26(27,28)29)22-10-6-13-32(14-12-22)16-20-7-3-2-4-8-20/h5,9,11,15,18-20,22H,2-4,6-8,10,12-14,16-17H2,1H3. The molecule has 1 atom stereocenters. The minimum Gasteiger partial charge on any atom is -0.406 e. The summed E-state index contributed by atoms with van der Waals surface area (Å²) < 4.78 is 44.0. The van der Waals surface area contributed by atoms with Crippen LogP contribution in [-0.2, 0) is 13.6 Å². The van der Waals surface area contributed by atoms with Crippen LogP contribution in [0.4, 0.5) is 13.2 Å². The smallest absolute Gasteiger partial charge is 0.406 e. The molecule has 0 radical (unpaired) electrons. The Bertz CT molecular complexity index is 972. The molecule has 0 N–H and O–H groups in total. The Morgan fingerprint density at radius 2 is 1.91 bits per heavy atom. The lowest BCUT2D eigenvalue weighted by molar-refractivity contribution is -0.274. The highest BCUT2D eigenvalue weighted by Gasteiger charge is 2.32. The van der Waals surface area contributed by atoms with E-state index in [4.69, 9.17) is 0 Å². The number of imidazole rings is 1. The Labute approximate surface area is 205 Å². The van der Waals surface area contributed by atoms with Gasteiger partial charge in [0, 0.05) is 38.9 Å². The van der Waals surface area contributed by atoms with Gasteiger partial charge in [0.2, 0.25) is 0 Å². The lowest BCUT2D eigenvalue weighted by atomic mass is 9.89. The summed E-state index contributed by atoms with van der Waals surface area (Å²) in [6, 6.07) is 5.88. The second-order valence-corrected chi connectivity index (χ2v) is 9.94. The van der Waals surface area contributed by atoms with Crippen molar-refractivity contribution in [2.75, 3.05) is 19.6 Å². The van der Waals surface area contributed by atoms with Gasteiger partial charge in [-0.25, -0.2) is 4.98 Å². The van der Waals surface area contributed by atoms with Gasteiger partial charge in [-0.15, -0.1) is 13.2 Å². The second kappa shape index (κ2) is 11.5. The zero-order valence-electron chi connectivity index (χ0n) is 20.3. The number of ether oxygens (including phenoxy) is 1. The van der Waals surface area contributed by atoms with E-state index in [1.807, 2.05) is 0 Å². The molecule has 4 rings (SSSR count). The third kappa shape index (κ3) is 7.46. The Hall–Kier alpha value is -2.55. The molecule has 6 nitrogen and oxygen atoms in total. The van der Waals surface area contributed by atoms with Crippen LogP contribution in [0, 0.1) is 5.92 Å². The van der Waals surface area contributed by atoms with Crippen LogP contribution in [0.3, 0.4) is 0 Å². The van der Waals surface area contributed by atoms with E-state index in [9.17, 15) is 18.0 Å². The molecule has 0 spiro atoms. The maximum absolute atomic E-state index is 13.5. The molecule has 35 heavy (non-hydrogen) atoms. The normalized spacial score (nSPS) is 20.4. The van der Waals surface area contributed by atoms with Crippen LogP contribution in [0.5, 0.6) is 5.75 Å².